The van der Waals surface area contributed by atoms with Crippen LogP contribution in [0, 0.1) is 10.8 Å². The lowest BCUT2D eigenvalue weighted by Gasteiger charge is -2.41. The van der Waals surface area contributed by atoms with Gasteiger partial charge in [-0.05, 0) is 31.7 Å². The lowest BCUT2D eigenvalue weighted by molar-refractivity contribution is 0.0109. The molecule has 0 amide bonds. The fraction of sp³-hybridized carbons (Fsp3) is 0.643. The fourth-order valence-corrected chi connectivity index (χ4v) is 4.32. The number of nitrogens with one attached hydrogen (secondary N) is 1. The molecule has 4 rings (SSSR count). The average Bonchev–Trinajstić information content (AvgIpc) is 2.81. The SMILES string of the molecule is O=C(O)c1ccnc(NC2CC3(C2)C(F)(F)C32CCC2)n1. The quantitative estimate of drug-likeness (QED) is 0.896. The molecule has 112 valence electrons. The molecule has 3 aliphatic carbocycles. The number of nitrogens with zero attached hydrogens (tertiary/aromatic N) is 2. The number of aromatic carboxylic acids is 1. The standard InChI is InChI=1S/C14H15F2N3O2/c15-14(16)12(3-1-4-12)13(14)6-8(7-13)18-11-17-5-2-9(19-11)10(20)21/h2,5,8H,1,3-4,6-7H2,(H,20,21)(H,17,18,19). The summed E-state index contributed by atoms with van der Waals surface area (Å²) in [5, 5.41) is 11.8. The molecule has 1 aromatic heterocycles. The van der Waals surface area contributed by atoms with Crippen LogP contribution in [0.4, 0.5) is 14.7 Å². The van der Waals surface area contributed by atoms with Gasteiger partial charge < -0.3 is 10.4 Å². The first kappa shape index (κ1) is 12.9. The lowest BCUT2D eigenvalue weighted by Crippen LogP contribution is -2.43. The van der Waals surface area contributed by atoms with Crippen LogP contribution < -0.4 is 5.32 Å². The first-order valence-electron chi connectivity index (χ1n) is 7.13. The van der Waals surface area contributed by atoms with Gasteiger partial charge in [-0.25, -0.2) is 23.5 Å². The first-order chi connectivity index (χ1) is 9.92. The smallest absolute Gasteiger partial charge is 0.354 e. The molecule has 2 N–H and O–H groups in total. The molecule has 0 bridgehead atoms. The van der Waals surface area contributed by atoms with Gasteiger partial charge >= 0.3 is 5.97 Å². The maximum Gasteiger partial charge on any atom is 0.354 e. The van der Waals surface area contributed by atoms with Crippen LogP contribution in [-0.2, 0) is 0 Å². The molecule has 3 aliphatic rings. The van der Waals surface area contributed by atoms with Crippen LogP contribution >= 0.6 is 0 Å². The summed E-state index contributed by atoms with van der Waals surface area (Å²) in [6.07, 6.45) is 4.36. The van der Waals surface area contributed by atoms with Gasteiger partial charge in [0.1, 0.15) is 0 Å². The molecule has 0 radical (unpaired) electrons. The van der Waals surface area contributed by atoms with Crippen LogP contribution in [0.3, 0.4) is 0 Å². The van der Waals surface area contributed by atoms with Crippen LogP contribution in [0.2, 0.25) is 0 Å². The Morgan fingerprint density at radius 1 is 1.33 bits per heavy atom. The van der Waals surface area contributed by atoms with E-state index in [1.54, 1.807) is 0 Å². The van der Waals surface area contributed by atoms with Crippen LogP contribution in [-0.4, -0.2) is 33.0 Å². The number of carbonyl (C=O) groups is 1. The summed E-state index contributed by atoms with van der Waals surface area (Å²) in [6, 6.07) is 1.20. The third kappa shape index (κ3) is 1.36. The van der Waals surface area contributed by atoms with Gasteiger partial charge in [0.2, 0.25) is 5.95 Å². The van der Waals surface area contributed by atoms with Crippen molar-refractivity contribution in [3.8, 4) is 0 Å². The van der Waals surface area contributed by atoms with Gasteiger partial charge in [-0.2, -0.15) is 0 Å². The predicted molar refractivity (Wildman–Crippen MR) is 69.3 cm³/mol. The normalized spacial score (nSPS) is 34.1. The number of aromatic nitrogens is 2. The highest BCUT2D eigenvalue weighted by molar-refractivity contribution is 5.85. The fourth-order valence-electron chi connectivity index (χ4n) is 4.32. The van der Waals surface area contributed by atoms with Gasteiger partial charge in [-0.15, -0.1) is 0 Å². The van der Waals surface area contributed by atoms with E-state index in [2.05, 4.69) is 15.3 Å². The second-order valence-electron chi connectivity index (χ2n) is 6.41. The van der Waals surface area contributed by atoms with E-state index in [1.807, 2.05) is 0 Å². The Labute approximate surface area is 119 Å². The maximum atomic E-state index is 14.1. The number of fused-ring (bicyclic) bond motifs is 1. The van der Waals surface area contributed by atoms with E-state index in [4.69, 9.17) is 5.11 Å². The monoisotopic (exact) mass is 295 g/mol. The molecule has 0 atom stereocenters. The number of rotatable bonds is 3. The second kappa shape index (κ2) is 3.69. The number of alkyl halides is 2. The van der Waals surface area contributed by atoms with Crippen molar-refractivity contribution < 1.29 is 18.7 Å². The van der Waals surface area contributed by atoms with Crippen LogP contribution in [0.15, 0.2) is 12.3 Å². The Bertz CT molecular complexity index is 624. The molecule has 0 aliphatic heterocycles. The number of carboxylic acids is 1. The molecular weight excluding hydrogens is 280 g/mol. The summed E-state index contributed by atoms with van der Waals surface area (Å²) >= 11 is 0. The van der Waals surface area contributed by atoms with Crippen molar-refractivity contribution in [2.45, 2.75) is 44.1 Å². The Balaban J connectivity index is 1.44. The van der Waals surface area contributed by atoms with Gasteiger partial charge in [0.25, 0.3) is 5.92 Å². The minimum absolute atomic E-state index is 0.0973. The molecule has 5 nitrogen and oxygen atoms in total. The van der Waals surface area contributed by atoms with Gasteiger partial charge in [-0.1, -0.05) is 6.42 Å². The van der Waals surface area contributed by atoms with E-state index in [1.165, 1.54) is 12.3 Å². The lowest BCUT2D eigenvalue weighted by atomic mass is 9.65. The zero-order valence-electron chi connectivity index (χ0n) is 11.3. The van der Waals surface area contributed by atoms with Crippen LogP contribution in [0.5, 0.6) is 0 Å². The summed E-state index contributed by atoms with van der Waals surface area (Å²) in [7, 11) is 0. The molecule has 1 aromatic rings. The first-order valence-corrected chi connectivity index (χ1v) is 7.13. The van der Waals surface area contributed by atoms with Crippen LogP contribution in [0.25, 0.3) is 0 Å². The summed E-state index contributed by atoms with van der Waals surface area (Å²) < 4.78 is 28.2. The van der Waals surface area contributed by atoms with E-state index >= 15 is 0 Å². The highest BCUT2D eigenvalue weighted by Crippen LogP contribution is 2.89. The van der Waals surface area contributed by atoms with Crippen molar-refractivity contribution in [2.24, 2.45) is 10.8 Å². The predicted octanol–water partition coefficient (Wildman–Crippen LogP) is 2.55. The van der Waals surface area contributed by atoms with E-state index in [0.717, 1.165) is 6.42 Å². The Morgan fingerprint density at radius 2 is 2.05 bits per heavy atom. The number of anilines is 1. The minimum atomic E-state index is -2.53. The Kier molecular flexibility index (Phi) is 2.27. The molecule has 3 fully saturated rings. The van der Waals surface area contributed by atoms with Crippen molar-refractivity contribution in [1.82, 2.24) is 9.97 Å². The third-order valence-electron chi connectivity index (χ3n) is 5.66. The Morgan fingerprint density at radius 3 is 2.57 bits per heavy atom. The Hall–Kier alpha value is -1.79. The third-order valence-corrected chi connectivity index (χ3v) is 5.66. The van der Waals surface area contributed by atoms with E-state index in [-0.39, 0.29) is 17.7 Å². The number of hydrogen-bond donors (Lipinski definition) is 2. The summed E-state index contributed by atoms with van der Waals surface area (Å²) in [5.74, 6) is -3.46. The van der Waals surface area contributed by atoms with Gasteiger partial charge in [-0.3, -0.25) is 0 Å². The summed E-state index contributed by atoms with van der Waals surface area (Å²) in [5.41, 5.74) is -1.66. The van der Waals surface area contributed by atoms with Crippen molar-refractivity contribution in [3.63, 3.8) is 0 Å². The molecule has 21 heavy (non-hydrogen) atoms. The topological polar surface area (TPSA) is 75.1 Å². The molecule has 1 heterocycles. The molecular formula is C14H15F2N3O2. The van der Waals surface area contributed by atoms with Crippen molar-refractivity contribution >= 4 is 11.9 Å². The van der Waals surface area contributed by atoms with Gasteiger partial charge in [0.15, 0.2) is 5.69 Å². The average molecular weight is 295 g/mol. The zero-order valence-corrected chi connectivity index (χ0v) is 11.3. The molecule has 0 aromatic carbocycles. The zero-order chi connectivity index (χ0) is 14.9. The molecule has 0 unspecified atom stereocenters. The van der Waals surface area contributed by atoms with Gasteiger partial charge in [0, 0.05) is 23.1 Å². The largest absolute Gasteiger partial charge is 0.477 e. The van der Waals surface area contributed by atoms with Crippen molar-refractivity contribution in [2.75, 3.05) is 5.32 Å². The van der Waals surface area contributed by atoms with Crippen molar-refractivity contribution in [1.29, 1.82) is 0 Å². The molecule has 3 saturated carbocycles. The van der Waals surface area contributed by atoms with Crippen LogP contribution in [0.1, 0.15) is 42.6 Å². The molecule has 0 saturated heterocycles. The summed E-state index contributed by atoms with van der Waals surface area (Å²) in [6.45, 7) is 0. The molecule has 2 spiro atoms. The van der Waals surface area contributed by atoms with E-state index in [9.17, 15) is 13.6 Å². The number of carboxylic acid groups (broad SMARTS) is 1. The minimum Gasteiger partial charge on any atom is -0.477 e. The van der Waals surface area contributed by atoms with Crippen molar-refractivity contribution in [3.05, 3.63) is 18.0 Å². The summed E-state index contributed by atoms with van der Waals surface area (Å²) in [4.78, 5) is 18.6. The molecule has 7 heteroatoms. The number of hydrogen-bond acceptors (Lipinski definition) is 4. The maximum absolute atomic E-state index is 14.1. The number of halogens is 2. The van der Waals surface area contributed by atoms with E-state index in [0.29, 0.717) is 25.7 Å². The highest BCUT2D eigenvalue weighted by Gasteiger charge is 2.94. The van der Waals surface area contributed by atoms with Gasteiger partial charge in [0.05, 0.1) is 0 Å². The second-order valence-corrected chi connectivity index (χ2v) is 6.41. The highest BCUT2D eigenvalue weighted by atomic mass is 19.3. The van der Waals surface area contributed by atoms with E-state index < -0.39 is 22.7 Å².